The average Bonchev–Trinajstić information content (AvgIpc) is 3.02. The van der Waals surface area contributed by atoms with Crippen LogP contribution in [0, 0.1) is 0 Å². The fraction of sp³-hybridized carbons (Fsp3) is 0.686. The molecule has 0 fully saturated rings. The molecule has 46 heavy (non-hydrogen) atoms. The van der Waals surface area contributed by atoms with E-state index >= 15 is 0 Å². The molecule has 0 unspecified atom stereocenters. The third-order valence-electron chi connectivity index (χ3n) is 7.91. The third-order valence-corrected chi connectivity index (χ3v) is 7.91. The molecular weight excluding hydrogens is 586 g/mol. The summed E-state index contributed by atoms with van der Waals surface area (Å²) in [6.45, 7) is 7.06. The van der Waals surface area contributed by atoms with E-state index in [0.717, 1.165) is 45.4 Å². The van der Waals surface area contributed by atoms with Gasteiger partial charge in [-0.2, -0.15) is 0 Å². The maximum atomic E-state index is 12.6. The molecule has 0 spiro atoms. The molecule has 0 aliphatic carbocycles. The highest BCUT2D eigenvalue weighted by atomic mass is 16.5. The molecule has 1 heterocycles. The number of nitrogens with one attached hydrogen (secondary N) is 5. The van der Waals surface area contributed by atoms with Crippen molar-refractivity contribution < 1.29 is 23.8 Å². The van der Waals surface area contributed by atoms with Gasteiger partial charge in [-0.1, -0.05) is 84.0 Å². The van der Waals surface area contributed by atoms with Crippen LogP contribution in [0.3, 0.4) is 0 Å². The standard InChI is InChI=1S/C35H59N5O6/c1-3-4-5-6-7-8-9-10-11-12-13-14-15-16-33(42)40-30-25-29-28(24-35(44)46-32(29)26-31(30)41)23-34(43)39-22-21-37-18-17-36-19-20-38-27-45-2/h24-26,36-38,41H,3-23,27H2,1-2H3,(H,39,43)(H,40,42). The van der Waals surface area contributed by atoms with Crippen molar-refractivity contribution in [2.24, 2.45) is 0 Å². The second-order valence-electron chi connectivity index (χ2n) is 12.0. The number of phenols is 1. The van der Waals surface area contributed by atoms with Gasteiger partial charge in [-0.05, 0) is 18.1 Å². The molecule has 0 aliphatic heterocycles. The number of rotatable bonds is 28. The van der Waals surface area contributed by atoms with Gasteiger partial charge in [-0.25, -0.2) is 4.79 Å². The van der Waals surface area contributed by atoms with Crippen LogP contribution in [0.4, 0.5) is 5.69 Å². The van der Waals surface area contributed by atoms with Crippen LogP contribution in [0.15, 0.2) is 27.4 Å². The van der Waals surface area contributed by atoms with E-state index in [-0.39, 0.29) is 35.3 Å². The quantitative estimate of drug-likeness (QED) is 0.0327. The number of aromatic hydroxyl groups is 1. The lowest BCUT2D eigenvalue weighted by Gasteiger charge is -2.12. The van der Waals surface area contributed by atoms with Crippen molar-refractivity contribution in [3.63, 3.8) is 0 Å². The Bertz CT molecular complexity index is 1190. The predicted molar refractivity (Wildman–Crippen MR) is 185 cm³/mol. The number of hydrogen-bond donors (Lipinski definition) is 6. The smallest absolute Gasteiger partial charge is 0.336 e. The zero-order valence-electron chi connectivity index (χ0n) is 28.3. The molecule has 260 valence electrons. The minimum Gasteiger partial charge on any atom is -0.506 e. The molecule has 11 heteroatoms. The Labute approximate surface area is 275 Å². The second kappa shape index (κ2) is 25.1. The van der Waals surface area contributed by atoms with Crippen molar-refractivity contribution in [1.82, 2.24) is 21.3 Å². The van der Waals surface area contributed by atoms with E-state index in [9.17, 15) is 19.5 Å². The number of hydrogen-bond acceptors (Lipinski definition) is 9. The van der Waals surface area contributed by atoms with Gasteiger partial charge in [0.2, 0.25) is 11.8 Å². The summed E-state index contributed by atoms with van der Waals surface area (Å²) in [6.07, 6.45) is 16.4. The summed E-state index contributed by atoms with van der Waals surface area (Å²) in [5.41, 5.74) is 0.249. The normalized spacial score (nSPS) is 11.3. The Morgan fingerprint density at radius 3 is 1.91 bits per heavy atom. The van der Waals surface area contributed by atoms with Gasteiger partial charge in [-0.3, -0.25) is 14.9 Å². The van der Waals surface area contributed by atoms with Gasteiger partial charge in [0.15, 0.2) is 0 Å². The summed E-state index contributed by atoms with van der Waals surface area (Å²) in [6, 6.07) is 4.16. The fourth-order valence-electron chi connectivity index (χ4n) is 5.33. The van der Waals surface area contributed by atoms with Crippen LogP contribution in [-0.2, 0) is 20.7 Å². The molecule has 2 aromatic rings. The Morgan fingerprint density at radius 2 is 1.30 bits per heavy atom. The van der Waals surface area contributed by atoms with Crippen molar-refractivity contribution in [3.05, 3.63) is 34.2 Å². The van der Waals surface area contributed by atoms with Gasteiger partial charge in [0.1, 0.15) is 11.3 Å². The molecule has 0 atom stereocenters. The SMILES string of the molecule is CCCCCCCCCCCCCCCC(=O)Nc1cc2c(CC(=O)NCCNCCNCCNCOC)cc(=O)oc2cc1O. The van der Waals surface area contributed by atoms with Crippen LogP contribution in [0.2, 0.25) is 0 Å². The largest absolute Gasteiger partial charge is 0.506 e. The van der Waals surface area contributed by atoms with E-state index in [0.29, 0.717) is 37.2 Å². The van der Waals surface area contributed by atoms with Crippen molar-refractivity contribution in [1.29, 1.82) is 0 Å². The molecule has 1 aromatic carbocycles. The number of anilines is 1. The number of methoxy groups -OCH3 is 1. The molecule has 2 amide bonds. The first kappa shape index (κ1) is 39.2. The first-order valence-electron chi connectivity index (χ1n) is 17.4. The van der Waals surface area contributed by atoms with Crippen molar-refractivity contribution in [3.8, 4) is 5.75 Å². The topological polar surface area (TPSA) is 154 Å². The summed E-state index contributed by atoms with van der Waals surface area (Å²) in [5, 5.41) is 26.3. The number of ether oxygens (including phenoxy) is 1. The van der Waals surface area contributed by atoms with E-state index in [4.69, 9.17) is 9.15 Å². The number of unbranched alkanes of at least 4 members (excludes halogenated alkanes) is 12. The lowest BCUT2D eigenvalue weighted by atomic mass is 10.0. The Hall–Kier alpha value is -2.99. The highest BCUT2D eigenvalue weighted by Gasteiger charge is 2.15. The molecule has 6 N–H and O–H groups in total. The van der Waals surface area contributed by atoms with Crippen LogP contribution in [0.1, 0.15) is 102 Å². The highest BCUT2D eigenvalue weighted by Crippen LogP contribution is 2.31. The van der Waals surface area contributed by atoms with Gasteiger partial charge < -0.3 is 35.5 Å². The summed E-state index contributed by atoms with van der Waals surface area (Å²) < 4.78 is 10.2. The minimum absolute atomic E-state index is 0.0325. The fourth-order valence-corrected chi connectivity index (χ4v) is 5.33. The molecule has 2 rings (SSSR count). The van der Waals surface area contributed by atoms with E-state index in [1.807, 2.05) is 0 Å². The van der Waals surface area contributed by atoms with Gasteiger partial charge in [-0.15, -0.1) is 0 Å². The molecule has 11 nitrogen and oxygen atoms in total. The molecule has 0 bridgehead atoms. The minimum atomic E-state index is -0.611. The summed E-state index contributed by atoms with van der Waals surface area (Å²) in [5.74, 6) is -0.611. The predicted octanol–water partition coefficient (Wildman–Crippen LogP) is 4.95. The van der Waals surface area contributed by atoms with Gasteiger partial charge in [0.25, 0.3) is 0 Å². The number of amides is 2. The molecule has 0 saturated carbocycles. The Balaban J connectivity index is 1.70. The highest BCUT2D eigenvalue weighted by molar-refractivity contribution is 5.97. The number of carbonyl (C=O) groups is 2. The van der Waals surface area contributed by atoms with E-state index in [1.54, 1.807) is 13.2 Å². The zero-order valence-corrected chi connectivity index (χ0v) is 28.3. The Kier molecular flexibility index (Phi) is 21.4. The maximum Gasteiger partial charge on any atom is 0.336 e. The van der Waals surface area contributed by atoms with Crippen LogP contribution >= 0.6 is 0 Å². The Morgan fingerprint density at radius 1 is 0.739 bits per heavy atom. The van der Waals surface area contributed by atoms with E-state index in [2.05, 4.69) is 33.5 Å². The van der Waals surface area contributed by atoms with Crippen LogP contribution in [-0.4, -0.2) is 70.0 Å². The lowest BCUT2D eigenvalue weighted by molar-refractivity contribution is -0.120. The molecule has 0 saturated heterocycles. The number of fused-ring (bicyclic) bond motifs is 1. The zero-order chi connectivity index (χ0) is 33.2. The molecular formula is C35H59N5O6. The number of benzene rings is 1. The van der Waals surface area contributed by atoms with Gasteiger partial charge >= 0.3 is 5.63 Å². The van der Waals surface area contributed by atoms with E-state index in [1.165, 1.54) is 76.3 Å². The van der Waals surface area contributed by atoms with Gasteiger partial charge in [0.05, 0.1) is 18.8 Å². The lowest BCUT2D eigenvalue weighted by Crippen LogP contribution is -2.37. The average molecular weight is 646 g/mol. The first-order valence-corrected chi connectivity index (χ1v) is 17.4. The third kappa shape index (κ3) is 17.6. The van der Waals surface area contributed by atoms with Crippen molar-refractivity contribution >= 4 is 28.5 Å². The van der Waals surface area contributed by atoms with Crippen LogP contribution in [0.5, 0.6) is 5.75 Å². The molecule has 1 aromatic heterocycles. The summed E-state index contributed by atoms with van der Waals surface area (Å²) >= 11 is 0. The second-order valence-corrected chi connectivity index (χ2v) is 12.0. The van der Waals surface area contributed by atoms with Crippen molar-refractivity contribution in [2.75, 3.05) is 58.4 Å². The van der Waals surface area contributed by atoms with Gasteiger partial charge in [0, 0.05) is 70.3 Å². The number of phenolic OH excluding ortho intramolecular Hbond substituents is 1. The number of carbonyl (C=O) groups excluding carboxylic acids is 2. The van der Waals surface area contributed by atoms with Crippen LogP contribution < -0.4 is 32.2 Å². The molecule has 0 aliphatic rings. The summed E-state index contributed by atoms with van der Waals surface area (Å²) in [4.78, 5) is 37.4. The summed E-state index contributed by atoms with van der Waals surface area (Å²) in [7, 11) is 1.65. The van der Waals surface area contributed by atoms with Crippen LogP contribution in [0.25, 0.3) is 11.0 Å². The van der Waals surface area contributed by atoms with Crippen molar-refractivity contribution in [2.45, 2.75) is 103 Å². The van der Waals surface area contributed by atoms with E-state index < -0.39 is 5.63 Å². The monoisotopic (exact) mass is 645 g/mol. The maximum absolute atomic E-state index is 12.6. The molecule has 0 radical (unpaired) electrons. The first-order chi connectivity index (χ1) is 22.4.